The number of likely N-dealkylation sites (tertiary alicyclic amines) is 1. The van der Waals surface area contributed by atoms with E-state index in [-0.39, 0.29) is 0 Å². The number of carbonyl (C=O) groups excluding carboxylic acids is 1. The summed E-state index contributed by atoms with van der Waals surface area (Å²) in [6.45, 7) is 6.88. The van der Waals surface area contributed by atoms with Gasteiger partial charge >= 0.3 is 0 Å². The molecule has 1 saturated heterocycles. The number of carbonyl (C=O) groups is 1. The normalized spacial score (nSPS) is 27.7. The molecule has 0 amide bonds. The average molecular weight is 227 g/mol. The van der Waals surface area contributed by atoms with E-state index in [4.69, 9.17) is 0 Å². The zero-order valence-corrected chi connectivity index (χ0v) is 10.7. The predicted octanol–water partition coefficient (Wildman–Crippen LogP) is 1.98. The van der Waals surface area contributed by atoms with Crippen molar-refractivity contribution in [1.29, 1.82) is 0 Å². The van der Waals surface area contributed by atoms with Crippen LogP contribution in [0, 0.1) is 0 Å². The molecule has 1 heterocycles. The Balaban J connectivity index is 2.20. The molecule has 0 aromatic rings. The Labute approximate surface area is 98.8 Å². The van der Waals surface area contributed by atoms with Crippen LogP contribution in [0.5, 0.6) is 0 Å². The first-order valence-corrected chi connectivity index (χ1v) is 6.50. The van der Waals surface area contributed by atoms with Crippen molar-refractivity contribution in [3.05, 3.63) is 0 Å². The van der Waals surface area contributed by atoms with Gasteiger partial charge in [-0.2, -0.15) is 0 Å². The van der Waals surface area contributed by atoms with Gasteiger partial charge in [0.05, 0.1) is 5.60 Å². The maximum Gasteiger partial charge on any atom is 0.132 e. The number of ketones is 1. The fourth-order valence-corrected chi connectivity index (χ4v) is 2.22. The van der Waals surface area contributed by atoms with Gasteiger partial charge in [-0.25, -0.2) is 0 Å². The Morgan fingerprint density at radius 3 is 2.81 bits per heavy atom. The van der Waals surface area contributed by atoms with Crippen LogP contribution >= 0.6 is 0 Å². The molecule has 1 N–H and O–H groups in total. The minimum absolute atomic E-state index is 0.363. The van der Waals surface area contributed by atoms with E-state index in [0.717, 1.165) is 45.3 Å². The molecule has 94 valence electrons. The van der Waals surface area contributed by atoms with Crippen molar-refractivity contribution in [2.24, 2.45) is 0 Å². The molecule has 1 aliphatic heterocycles. The van der Waals surface area contributed by atoms with Gasteiger partial charge in [0.1, 0.15) is 5.78 Å². The largest absolute Gasteiger partial charge is 0.390 e. The zero-order chi connectivity index (χ0) is 12.0. The van der Waals surface area contributed by atoms with Crippen molar-refractivity contribution >= 4 is 5.78 Å². The Bertz CT molecular complexity index is 226. The Morgan fingerprint density at radius 1 is 1.38 bits per heavy atom. The number of Topliss-reactive ketones (excluding diaryl/α,β-unsaturated/α-hetero) is 1. The lowest BCUT2D eigenvalue weighted by molar-refractivity contribution is -0.118. The number of hydrogen-bond acceptors (Lipinski definition) is 3. The lowest BCUT2D eigenvalue weighted by Gasteiger charge is -2.22. The molecule has 1 aliphatic rings. The summed E-state index contributed by atoms with van der Waals surface area (Å²) in [6.07, 6.45) is 5.16. The SMILES string of the molecule is CCC(=O)CCCN1CCCC(C)(O)CC1. The van der Waals surface area contributed by atoms with Gasteiger partial charge in [0.2, 0.25) is 0 Å². The third-order valence-corrected chi connectivity index (χ3v) is 3.48. The van der Waals surface area contributed by atoms with Crippen molar-refractivity contribution in [3.63, 3.8) is 0 Å². The second kappa shape index (κ2) is 6.36. The lowest BCUT2D eigenvalue weighted by Crippen LogP contribution is -2.29. The van der Waals surface area contributed by atoms with E-state index in [2.05, 4.69) is 4.90 Å². The van der Waals surface area contributed by atoms with Gasteiger partial charge in [0.25, 0.3) is 0 Å². The van der Waals surface area contributed by atoms with Gasteiger partial charge in [-0.1, -0.05) is 6.92 Å². The lowest BCUT2D eigenvalue weighted by atomic mass is 9.98. The summed E-state index contributed by atoms with van der Waals surface area (Å²) in [6, 6.07) is 0. The molecule has 1 unspecified atom stereocenters. The molecular formula is C13H25NO2. The summed E-state index contributed by atoms with van der Waals surface area (Å²) >= 11 is 0. The summed E-state index contributed by atoms with van der Waals surface area (Å²) in [7, 11) is 0. The molecule has 3 heteroatoms. The molecule has 1 atom stereocenters. The molecule has 0 radical (unpaired) electrons. The fourth-order valence-electron chi connectivity index (χ4n) is 2.22. The molecule has 16 heavy (non-hydrogen) atoms. The van der Waals surface area contributed by atoms with Gasteiger partial charge in [0.15, 0.2) is 0 Å². The predicted molar refractivity (Wildman–Crippen MR) is 65.4 cm³/mol. The molecular weight excluding hydrogens is 202 g/mol. The monoisotopic (exact) mass is 227 g/mol. The van der Waals surface area contributed by atoms with E-state index in [9.17, 15) is 9.90 Å². The van der Waals surface area contributed by atoms with Crippen molar-refractivity contribution in [2.75, 3.05) is 19.6 Å². The van der Waals surface area contributed by atoms with Crippen LogP contribution in [0.4, 0.5) is 0 Å². The maximum absolute atomic E-state index is 11.2. The number of rotatable bonds is 5. The number of nitrogens with zero attached hydrogens (tertiary/aromatic N) is 1. The van der Waals surface area contributed by atoms with E-state index in [1.165, 1.54) is 0 Å². The van der Waals surface area contributed by atoms with Crippen molar-refractivity contribution in [2.45, 2.75) is 58.0 Å². The summed E-state index contributed by atoms with van der Waals surface area (Å²) in [5, 5.41) is 9.94. The van der Waals surface area contributed by atoms with Gasteiger partial charge in [-0.15, -0.1) is 0 Å². The third-order valence-electron chi connectivity index (χ3n) is 3.48. The maximum atomic E-state index is 11.2. The number of aliphatic hydroxyl groups is 1. The molecule has 0 spiro atoms. The average Bonchev–Trinajstić information content (AvgIpc) is 2.40. The molecule has 0 aromatic carbocycles. The Hall–Kier alpha value is -0.410. The second-order valence-electron chi connectivity index (χ2n) is 5.19. The van der Waals surface area contributed by atoms with Crippen LogP contribution in [-0.2, 0) is 4.79 Å². The molecule has 1 fully saturated rings. The molecule has 0 bridgehead atoms. The molecule has 1 rings (SSSR count). The zero-order valence-electron chi connectivity index (χ0n) is 10.7. The van der Waals surface area contributed by atoms with Gasteiger partial charge in [-0.05, 0) is 45.7 Å². The standard InChI is InChI=1S/C13H25NO2/c1-3-12(15)6-4-9-14-10-5-7-13(2,16)8-11-14/h16H,3-11H2,1-2H3. The first-order chi connectivity index (χ1) is 7.53. The highest BCUT2D eigenvalue weighted by atomic mass is 16.3. The summed E-state index contributed by atoms with van der Waals surface area (Å²) < 4.78 is 0. The topological polar surface area (TPSA) is 40.5 Å². The summed E-state index contributed by atoms with van der Waals surface area (Å²) in [5.41, 5.74) is -0.478. The van der Waals surface area contributed by atoms with Crippen molar-refractivity contribution < 1.29 is 9.90 Å². The Kier molecular flexibility index (Phi) is 5.42. The molecule has 0 aliphatic carbocycles. The Morgan fingerprint density at radius 2 is 2.12 bits per heavy atom. The summed E-state index contributed by atoms with van der Waals surface area (Å²) in [5.74, 6) is 0.363. The van der Waals surface area contributed by atoms with Gasteiger partial charge in [0, 0.05) is 19.4 Å². The highest BCUT2D eigenvalue weighted by molar-refractivity contribution is 5.77. The van der Waals surface area contributed by atoms with E-state index in [1.807, 2.05) is 13.8 Å². The third kappa shape index (κ3) is 5.08. The molecule has 0 aromatic heterocycles. The second-order valence-corrected chi connectivity index (χ2v) is 5.19. The quantitative estimate of drug-likeness (QED) is 0.781. The smallest absolute Gasteiger partial charge is 0.132 e. The van der Waals surface area contributed by atoms with Crippen LogP contribution in [0.2, 0.25) is 0 Å². The van der Waals surface area contributed by atoms with Crippen molar-refractivity contribution in [1.82, 2.24) is 4.90 Å². The van der Waals surface area contributed by atoms with Crippen LogP contribution in [0.25, 0.3) is 0 Å². The van der Waals surface area contributed by atoms with Crippen LogP contribution in [0.15, 0.2) is 0 Å². The first-order valence-electron chi connectivity index (χ1n) is 6.50. The summed E-state index contributed by atoms with van der Waals surface area (Å²) in [4.78, 5) is 13.5. The van der Waals surface area contributed by atoms with Crippen LogP contribution in [0.3, 0.4) is 0 Å². The fraction of sp³-hybridized carbons (Fsp3) is 0.923. The van der Waals surface area contributed by atoms with Crippen LogP contribution in [0.1, 0.15) is 52.4 Å². The minimum Gasteiger partial charge on any atom is -0.390 e. The van der Waals surface area contributed by atoms with E-state index >= 15 is 0 Å². The van der Waals surface area contributed by atoms with Gasteiger partial charge < -0.3 is 10.0 Å². The minimum atomic E-state index is -0.478. The van der Waals surface area contributed by atoms with E-state index in [0.29, 0.717) is 18.6 Å². The van der Waals surface area contributed by atoms with Crippen LogP contribution in [-0.4, -0.2) is 41.0 Å². The van der Waals surface area contributed by atoms with E-state index < -0.39 is 5.60 Å². The molecule has 0 saturated carbocycles. The molecule has 3 nitrogen and oxygen atoms in total. The highest BCUT2D eigenvalue weighted by Gasteiger charge is 2.24. The first kappa shape index (κ1) is 13.7. The van der Waals surface area contributed by atoms with Crippen molar-refractivity contribution in [3.8, 4) is 0 Å². The van der Waals surface area contributed by atoms with E-state index in [1.54, 1.807) is 0 Å². The van der Waals surface area contributed by atoms with Crippen LogP contribution < -0.4 is 0 Å². The highest BCUT2D eigenvalue weighted by Crippen LogP contribution is 2.21. The number of hydrogen-bond donors (Lipinski definition) is 1. The van der Waals surface area contributed by atoms with Gasteiger partial charge in [-0.3, -0.25) is 4.79 Å².